The van der Waals surface area contributed by atoms with Gasteiger partial charge in [-0.05, 0) is 42.7 Å². The van der Waals surface area contributed by atoms with Crippen LogP contribution < -0.4 is 10.1 Å². The molecule has 0 saturated carbocycles. The first-order valence-electron chi connectivity index (χ1n) is 7.08. The summed E-state index contributed by atoms with van der Waals surface area (Å²) < 4.78 is 5.21. The predicted octanol–water partition coefficient (Wildman–Crippen LogP) is 3.42. The highest BCUT2D eigenvalue weighted by molar-refractivity contribution is 5.79. The maximum atomic E-state index is 12.2. The molecule has 0 radical (unpaired) electrons. The topological polar surface area (TPSA) is 38.3 Å². The van der Waals surface area contributed by atoms with Crippen molar-refractivity contribution in [2.75, 3.05) is 7.11 Å². The standard InChI is InChI=1S/C18H21NO2/c1-13-7-4-5-8-15(13)12-18(20)19-14(2)16-9-6-10-17(11-16)21-3/h4-11,14H,12H2,1-3H3,(H,19,20). The van der Waals surface area contributed by atoms with Gasteiger partial charge in [0.05, 0.1) is 19.6 Å². The largest absolute Gasteiger partial charge is 0.497 e. The molecule has 1 amide bonds. The molecule has 1 unspecified atom stereocenters. The molecule has 21 heavy (non-hydrogen) atoms. The first kappa shape index (κ1) is 15.1. The summed E-state index contributed by atoms with van der Waals surface area (Å²) in [5, 5.41) is 3.03. The first-order chi connectivity index (χ1) is 10.1. The quantitative estimate of drug-likeness (QED) is 0.913. The van der Waals surface area contributed by atoms with Crippen LogP contribution in [0.1, 0.15) is 29.7 Å². The third-order valence-electron chi connectivity index (χ3n) is 3.58. The number of carbonyl (C=O) groups is 1. The molecule has 0 spiro atoms. The molecule has 3 nitrogen and oxygen atoms in total. The van der Waals surface area contributed by atoms with Gasteiger partial charge in [-0.25, -0.2) is 0 Å². The van der Waals surface area contributed by atoms with E-state index in [9.17, 15) is 4.79 Å². The summed E-state index contributed by atoms with van der Waals surface area (Å²) in [6, 6.07) is 15.7. The molecule has 0 bridgehead atoms. The van der Waals surface area contributed by atoms with Crippen LogP contribution in [0.4, 0.5) is 0 Å². The number of rotatable bonds is 5. The molecular formula is C18H21NO2. The Labute approximate surface area is 126 Å². The summed E-state index contributed by atoms with van der Waals surface area (Å²) in [5.41, 5.74) is 3.24. The zero-order valence-electron chi connectivity index (χ0n) is 12.7. The Morgan fingerprint density at radius 2 is 1.95 bits per heavy atom. The van der Waals surface area contributed by atoms with E-state index in [2.05, 4.69) is 5.32 Å². The number of hydrogen-bond acceptors (Lipinski definition) is 2. The molecule has 0 saturated heterocycles. The number of methoxy groups -OCH3 is 1. The van der Waals surface area contributed by atoms with Crippen molar-refractivity contribution in [1.82, 2.24) is 5.32 Å². The number of hydrogen-bond donors (Lipinski definition) is 1. The Morgan fingerprint density at radius 3 is 2.67 bits per heavy atom. The SMILES string of the molecule is COc1cccc(C(C)NC(=O)Cc2ccccc2C)c1. The van der Waals surface area contributed by atoms with E-state index in [-0.39, 0.29) is 11.9 Å². The molecule has 2 rings (SSSR count). The number of nitrogens with one attached hydrogen (secondary N) is 1. The summed E-state index contributed by atoms with van der Waals surface area (Å²) in [7, 11) is 1.64. The monoisotopic (exact) mass is 283 g/mol. The van der Waals surface area contributed by atoms with E-state index in [0.717, 1.165) is 22.4 Å². The number of amides is 1. The van der Waals surface area contributed by atoms with Crippen molar-refractivity contribution < 1.29 is 9.53 Å². The molecule has 0 fully saturated rings. The zero-order chi connectivity index (χ0) is 15.2. The number of aryl methyl sites for hydroxylation is 1. The summed E-state index contributed by atoms with van der Waals surface area (Å²) in [6.45, 7) is 4.00. The third kappa shape index (κ3) is 4.09. The van der Waals surface area contributed by atoms with Gasteiger partial charge in [-0.3, -0.25) is 4.79 Å². The Hall–Kier alpha value is -2.29. The lowest BCUT2D eigenvalue weighted by Crippen LogP contribution is -2.28. The summed E-state index contributed by atoms with van der Waals surface area (Å²) in [5.74, 6) is 0.826. The molecule has 0 heterocycles. The fourth-order valence-corrected chi connectivity index (χ4v) is 2.27. The van der Waals surface area contributed by atoms with E-state index in [1.165, 1.54) is 0 Å². The van der Waals surface area contributed by atoms with Gasteiger partial charge in [0.1, 0.15) is 5.75 Å². The Kier molecular flexibility index (Phi) is 4.99. The first-order valence-corrected chi connectivity index (χ1v) is 7.08. The van der Waals surface area contributed by atoms with Crippen LogP contribution in [0.15, 0.2) is 48.5 Å². The van der Waals surface area contributed by atoms with E-state index in [1.807, 2.05) is 62.4 Å². The van der Waals surface area contributed by atoms with Crippen LogP contribution in [0.2, 0.25) is 0 Å². The van der Waals surface area contributed by atoms with Crippen LogP contribution in [0.5, 0.6) is 5.75 Å². The molecule has 1 N–H and O–H groups in total. The second-order valence-corrected chi connectivity index (χ2v) is 5.17. The molecule has 1 atom stereocenters. The summed E-state index contributed by atoms with van der Waals surface area (Å²) >= 11 is 0. The lowest BCUT2D eigenvalue weighted by atomic mass is 10.0. The third-order valence-corrected chi connectivity index (χ3v) is 3.58. The molecule has 2 aromatic carbocycles. The Bertz CT molecular complexity index is 622. The highest BCUT2D eigenvalue weighted by Gasteiger charge is 2.11. The van der Waals surface area contributed by atoms with E-state index in [0.29, 0.717) is 6.42 Å². The normalized spacial score (nSPS) is 11.8. The van der Waals surface area contributed by atoms with Crippen molar-refractivity contribution in [2.45, 2.75) is 26.3 Å². The molecular weight excluding hydrogens is 262 g/mol. The highest BCUT2D eigenvalue weighted by Crippen LogP contribution is 2.19. The molecule has 0 aliphatic rings. The van der Waals surface area contributed by atoms with Crippen LogP contribution in [0.3, 0.4) is 0 Å². The fraction of sp³-hybridized carbons (Fsp3) is 0.278. The van der Waals surface area contributed by atoms with Gasteiger partial charge < -0.3 is 10.1 Å². The highest BCUT2D eigenvalue weighted by atomic mass is 16.5. The van der Waals surface area contributed by atoms with Gasteiger partial charge in [0.2, 0.25) is 5.91 Å². The van der Waals surface area contributed by atoms with E-state index >= 15 is 0 Å². The summed E-state index contributed by atoms with van der Waals surface area (Å²) in [6.07, 6.45) is 0.404. The van der Waals surface area contributed by atoms with Crippen LogP contribution in [0, 0.1) is 6.92 Å². The fourth-order valence-electron chi connectivity index (χ4n) is 2.27. The Balaban J connectivity index is 2.00. The average molecular weight is 283 g/mol. The van der Waals surface area contributed by atoms with E-state index in [4.69, 9.17) is 4.74 Å². The average Bonchev–Trinajstić information content (AvgIpc) is 2.49. The summed E-state index contributed by atoms with van der Waals surface area (Å²) in [4.78, 5) is 12.2. The van der Waals surface area contributed by atoms with Crippen LogP contribution in [-0.2, 0) is 11.2 Å². The number of benzene rings is 2. The second kappa shape index (κ2) is 6.93. The molecule has 2 aromatic rings. The number of ether oxygens (including phenoxy) is 1. The maximum absolute atomic E-state index is 12.2. The van der Waals surface area contributed by atoms with Crippen LogP contribution in [0.25, 0.3) is 0 Å². The smallest absolute Gasteiger partial charge is 0.224 e. The van der Waals surface area contributed by atoms with Crippen molar-refractivity contribution in [3.63, 3.8) is 0 Å². The van der Waals surface area contributed by atoms with Crippen molar-refractivity contribution in [1.29, 1.82) is 0 Å². The van der Waals surface area contributed by atoms with Gasteiger partial charge in [-0.1, -0.05) is 36.4 Å². The van der Waals surface area contributed by atoms with Gasteiger partial charge in [-0.15, -0.1) is 0 Å². The van der Waals surface area contributed by atoms with Gasteiger partial charge in [-0.2, -0.15) is 0 Å². The lowest BCUT2D eigenvalue weighted by molar-refractivity contribution is -0.121. The lowest BCUT2D eigenvalue weighted by Gasteiger charge is -2.15. The molecule has 0 aliphatic carbocycles. The van der Waals surface area contributed by atoms with Gasteiger partial charge in [0.15, 0.2) is 0 Å². The van der Waals surface area contributed by atoms with Crippen molar-refractivity contribution in [2.24, 2.45) is 0 Å². The predicted molar refractivity (Wildman–Crippen MR) is 84.4 cm³/mol. The van der Waals surface area contributed by atoms with Crippen molar-refractivity contribution in [3.05, 3.63) is 65.2 Å². The molecule has 0 aromatic heterocycles. The Morgan fingerprint density at radius 1 is 1.19 bits per heavy atom. The zero-order valence-corrected chi connectivity index (χ0v) is 12.7. The van der Waals surface area contributed by atoms with Crippen LogP contribution in [-0.4, -0.2) is 13.0 Å². The second-order valence-electron chi connectivity index (χ2n) is 5.17. The molecule has 3 heteroatoms. The molecule has 110 valence electrons. The maximum Gasteiger partial charge on any atom is 0.224 e. The van der Waals surface area contributed by atoms with E-state index < -0.39 is 0 Å². The van der Waals surface area contributed by atoms with Gasteiger partial charge >= 0.3 is 0 Å². The van der Waals surface area contributed by atoms with Crippen molar-refractivity contribution in [3.8, 4) is 5.75 Å². The van der Waals surface area contributed by atoms with Gasteiger partial charge in [0.25, 0.3) is 0 Å². The van der Waals surface area contributed by atoms with E-state index in [1.54, 1.807) is 7.11 Å². The van der Waals surface area contributed by atoms with Gasteiger partial charge in [0, 0.05) is 0 Å². The van der Waals surface area contributed by atoms with Crippen molar-refractivity contribution >= 4 is 5.91 Å². The van der Waals surface area contributed by atoms with Crippen LogP contribution >= 0.6 is 0 Å². The minimum Gasteiger partial charge on any atom is -0.497 e. The minimum absolute atomic E-state index is 0.0274. The number of carbonyl (C=O) groups excluding carboxylic acids is 1. The molecule has 0 aliphatic heterocycles. The minimum atomic E-state index is -0.0448.